The number of nitrogens with zero attached hydrogens (tertiary/aromatic N) is 3. The van der Waals surface area contributed by atoms with Crippen LogP contribution in [0.5, 0.6) is 0 Å². The fraction of sp³-hybridized carbons (Fsp3) is 0.689. The second-order valence-electron chi connectivity index (χ2n) is 18.4. The Bertz CT molecular complexity index is 1830. The van der Waals surface area contributed by atoms with Crippen LogP contribution in [-0.2, 0) is 23.7 Å². The number of anilines is 2. The molecule has 2 heterocycles. The number of carbonyl (C=O) groups is 2. The molecule has 0 bridgehead atoms. The summed E-state index contributed by atoms with van der Waals surface area (Å²) in [5, 5.41) is 51.0. The number of carbonyl (C=O) groups excluding carboxylic acids is 2. The van der Waals surface area contributed by atoms with Crippen molar-refractivity contribution < 1.29 is 49.0 Å². The third kappa shape index (κ3) is 12.5. The lowest BCUT2D eigenvalue weighted by molar-refractivity contribution is -0.287. The Morgan fingerprint density at radius 1 is 1.05 bits per heavy atom. The Morgan fingerprint density at radius 3 is 2.34 bits per heavy atom. The van der Waals surface area contributed by atoms with Gasteiger partial charge in [-0.25, -0.2) is 4.79 Å². The highest BCUT2D eigenvalue weighted by Crippen LogP contribution is 2.39. The summed E-state index contributed by atoms with van der Waals surface area (Å²) in [5.74, 6) is -3.32. The average molecular weight is 1020 g/mol. The van der Waals surface area contributed by atoms with Gasteiger partial charge < -0.3 is 54.5 Å². The molecule has 2 fully saturated rings. The maximum Gasteiger partial charge on any atom is 0.340 e. The molecule has 350 valence electrons. The molecule has 0 radical (unpaired) electrons. The number of aliphatic hydroxyl groups excluding tert-OH is 2. The lowest BCUT2D eigenvalue weighted by atomic mass is 9.78. The third-order valence-corrected chi connectivity index (χ3v) is 15.0. The maximum atomic E-state index is 13.5. The van der Waals surface area contributed by atoms with Crippen LogP contribution in [0.3, 0.4) is 0 Å². The highest BCUT2D eigenvalue weighted by molar-refractivity contribution is 14.1. The van der Waals surface area contributed by atoms with Crippen molar-refractivity contribution in [3.8, 4) is 0 Å². The number of esters is 2. The molecule has 0 unspecified atom stereocenters. The van der Waals surface area contributed by atoms with Gasteiger partial charge in [0, 0.05) is 31.1 Å². The van der Waals surface area contributed by atoms with Gasteiger partial charge in [-0.2, -0.15) is 0 Å². The summed E-state index contributed by atoms with van der Waals surface area (Å²) in [7, 11) is 7.63. The lowest BCUT2D eigenvalue weighted by Crippen LogP contribution is -2.63. The molecule has 62 heavy (non-hydrogen) atoms. The first-order valence-electron chi connectivity index (χ1n) is 21.3. The minimum absolute atomic E-state index is 0.0804. The van der Waals surface area contributed by atoms with Crippen molar-refractivity contribution in [1.29, 1.82) is 0 Å². The molecule has 0 spiro atoms. The SMILES string of the molecule is Cc1ccc(Cl)c(Nc2ccccc2C(=O)OCCN(C)[C@@H]2C[C@@H](C)O[C@@H](O[C@@H]3[C@@H](C)[C@H](O)[C@@H](C)C(=O)O[C@H](I)[C@@](C)(O)[C@H](O)[C@@H](C)N(C)C[C@H](C)C[C@@]3(C)O)[C@H]2N(C)C)c1Cl. The number of alkyl halides is 1. The molecule has 2 aliphatic rings. The molecule has 14 nitrogen and oxygen atoms in total. The quantitative estimate of drug-likeness (QED) is 0.105. The van der Waals surface area contributed by atoms with Crippen LogP contribution in [-0.4, -0.2) is 159 Å². The third-order valence-electron chi connectivity index (χ3n) is 12.7. The van der Waals surface area contributed by atoms with Gasteiger partial charge in [0.05, 0.1) is 62.9 Å². The predicted octanol–water partition coefficient (Wildman–Crippen LogP) is 6.11. The van der Waals surface area contributed by atoms with E-state index in [1.54, 1.807) is 73.7 Å². The Morgan fingerprint density at radius 2 is 1.69 bits per heavy atom. The van der Waals surface area contributed by atoms with Gasteiger partial charge in [-0.15, -0.1) is 0 Å². The maximum absolute atomic E-state index is 13.5. The van der Waals surface area contributed by atoms with Gasteiger partial charge in [0.1, 0.15) is 18.3 Å². The summed E-state index contributed by atoms with van der Waals surface area (Å²) >= 11 is 14.8. The van der Waals surface area contributed by atoms with Gasteiger partial charge in [-0.05, 0) is 135 Å². The molecule has 5 N–H and O–H groups in total. The minimum atomic E-state index is -1.81. The number of likely N-dealkylation sites (N-methyl/N-ethyl adjacent to an activating group) is 3. The first kappa shape index (κ1) is 52.8. The van der Waals surface area contributed by atoms with Gasteiger partial charge >= 0.3 is 11.9 Å². The van der Waals surface area contributed by atoms with E-state index in [1.807, 2.05) is 64.8 Å². The van der Waals surface area contributed by atoms with Crippen LogP contribution in [0.4, 0.5) is 11.4 Å². The summed E-state index contributed by atoms with van der Waals surface area (Å²) in [6.45, 7) is 14.9. The van der Waals surface area contributed by atoms with Crippen LogP contribution >= 0.6 is 45.8 Å². The average Bonchev–Trinajstić information content (AvgIpc) is 3.20. The molecular weight excluding hydrogens is 954 g/mol. The van der Waals surface area contributed by atoms with Crippen molar-refractivity contribution in [2.45, 2.75) is 132 Å². The van der Waals surface area contributed by atoms with Crippen molar-refractivity contribution >= 4 is 69.1 Å². The Hall–Kier alpha value is -1.87. The molecule has 0 saturated carbocycles. The number of aliphatic hydroxyl groups is 4. The van der Waals surface area contributed by atoms with Gasteiger partial charge in [-0.3, -0.25) is 9.69 Å². The van der Waals surface area contributed by atoms with E-state index in [0.717, 1.165) is 5.56 Å². The zero-order valence-electron chi connectivity index (χ0n) is 38.1. The molecular formula is C45H69Cl2IN4O10. The highest BCUT2D eigenvalue weighted by atomic mass is 127. The zero-order valence-corrected chi connectivity index (χ0v) is 41.8. The molecule has 17 heteroatoms. The normalized spacial score (nSPS) is 35.9. The second kappa shape index (κ2) is 22.1. The van der Waals surface area contributed by atoms with Gasteiger partial charge in [0.15, 0.2) is 10.4 Å². The smallest absolute Gasteiger partial charge is 0.340 e. The minimum Gasteiger partial charge on any atom is -0.461 e. The monoisotopic (exact) mass is 1020 g/mol. The number of hydrogen-bond donors (Lipinski definition) is 5. The largest absolute Gasteiger partial charge is 0.461 e. The van der Waals surface area contributed by atoms with Crippen LogP contribution in [0.15, 0.2) is 36.4 Å². The zero-order chi connectivity index (χ0) is 46.6. The first-order valence-corrected chi connectivity index (χ1v) is 23.3. The number of aryl methyl sites for hydroxylation is 1. The second-order valence-corrected chi connectivity index (χ2v) is 20.3. The van der Waals surface area contributed by atoms with Crippen molar-refractivity contribution in [3.63, 3.8) is 0 Å². The Labute approximate surface area is 391 Å². The Balaban J connectivity index is 1.56. The van der Waals surface area contributed by atoms with E-state index >= 15 is 0 Å². The number of cyclic esters (lactones) is 1. The molecule has 2 aromatic rings. The molecule has 2 aliphatic heterocycles. The first-order chi connectivity index (χ1) is 28.8. The number of benzene rings is 2. The Kier molecular flexibility index (Phi) is 18.8. The number of para-hydroxylation sites is 1. The number of hydrogen-bond acceptors (Lipinski definition) is 14. The molecule has 0 aromatic heterocycles. The van der Waals surface area contributed by atoms with Crippen LogP contribution in [0, 0.1) is 24.7 Å². The van der Waals surface area contributed by atoms with Crippen LogP contribution < -0.4 is 5.32 Å². The summed E-state index contributed by atoms with van der Waals surface area (Å²) in [4.78, 5) is 33.1. The number of halogens is 3. The summed E-state index contributed by atoms with van der Waals surface area (Å²) in [5.41, 5.74) is -1.20. The van der Waals surface area contributed by atoms with Gasteiger partial charge in [-0.1, -0.05) is 55.2 Å². The summed E-state index contributed by atoms with van der Waals surface area (Å²) in [6.07, 6.45) is -3.97. The topological polar surface area (TPSA) is 174 Å². The van der Waals surface area contributed by atoms with Gasteiger partial charge in [0.25, 0.3) is 0 Å². The number of rotatable bonds is 10. The fourth-order valence-electron chi connectivity index (χ4n) is 8.86. The van der Waals surface area contributed by atoms with Crippen LogP contribution in [0.25, 0.3) is 0 Å². The molecule has 2 aromatic carbocycles. The van der Waals surface area contributed by atoms with Crippen LogP contribution in [0.2, 0.25) is 10.0 Å². The van der Waals surface area contributed by atoms with Crippen molar-refractivity contribution in [3.05, 3.63) is 57.6 Å². The standard InChI is InChI=1S/C45H69Cl2IN4O10/c1-24-22-44(7,57)39(27(4)37(53)28(5)40(55)62-43(48)45(8,58)38(54)29(6)52(12)23-24)61-42-36(50(9)10)33(21-26(3)60-42)51(11)19-20-59-41(56)30-15-13-14-16-32(30)49-35-31(46)18-17-25(2)34(35)47/h13-18,24,26-29,33,36-39,42-43,49,53-54,57-58H,19-23H2,1-12H3/t24-,26-,27+,28-,29-,33-,36+,37+,38-,39-,42+,43+,44-,45+/m1/s1. The van der Waals surface area contributed by atoms with Gasteiger partial charge in [0.2, 0.25) is 0 Å². The molecule has 2 saturated heterocycles. The predicted molar refractivity (Wildman–Crippen MR) is 250 cm³/mol. The molecule has 14 atom stereocenters. The number of ether oxygens (including phenoxy) is 4. The summed E-state index contributed by atoms with van der Waals surface area (Å²) < 4.78 is 23.8. The van der Waals surface area contributed by atoms with E-state index in [-0.39, 0.29) is 37.1 Å². The fourth-order valence-corrected chi connectivity index (χ4v) is 9.94. The van der Waals surface area contributed by atoms with Crippen molar-refractivity contribution in [2.75, 3.05) is 53.2 Å². The lowest BCUT2D eigenvalue weighted by Gasteiger charge is -2.50. The van der Waals surface area contributed by atoms with Crippen molar-refractivity contribution in [1.82, 2.24) is 14.7 Å². The van der Waals surface area contributed by atoms with Crippen LogP contribution in [0.1, 0.15) is 77.2 Å². The summed E-state index contributed by atoms with van der Waals surface area (Å²) in [6, 6.07) is 9.47. The molecule has 0 amide bonds. The molecule has 0 aliphatic carbocycles. The van der Waals surface area contributed by atoms with E-state index in [2.05, 4.69) is 10.2 Å². The van der Waals surface area contributed by atoms with Crippen molar-refractivity contribution in [2.24, 2.45) is 17.8 Å². The highest BCUT2D eigenvalue weighted by Gasteiger charge is 2.50. The molecule has 4 rings (SSSR count). The van der Waals surface area contributed by atoms with E-state index in [4.69, 9.17) is 42.1 Å². The van der Waals surface area contributed by atoms with E-state index < -0.39 is 69.7 Å². The van der Waals surface area contributed by atoms with E-state index in [1.165, 1.54) is 13.8 Å². The van der Waals surface area contributed by atoms with E-state index in [9.17, 15) is 30.0 Å². The van der Waals surface area contributed by atoms with E-state index in [0.29, 0.717) is 46.5 Å². The number of nitrogens with one attached hydrogen (secondary N) is 1.